The summed E-state index contributed by atoms with van der Waals surface area (Å²) < 4.78 is 5.34. The molecule has 5 nitrogen and oxygen atoms in total. The van der Waals surface area contributed by atoms with E-state index in [1.165, 1.54) is 5.56 Å². The third kappa shape index (κ3) is 5.47. The zero-order valence-corrected chi connectivity index (χ0v) is 16.4. The Kier molecular flexibility index (Phi) is 6.87. The number of nitrogens with one attached hydrogen (secondary N) is 2. The van der Waals surface area contributed by atoms with E-state index in [1.54, 1.807) is 43.6 Å². The van der Waals surface area contributed by atoms with Gasteiger partial charge in [0, 0.05) is 23.5 Å². The summed E-state index contributed by atoms with van der Waals surface area (Å²) in [6.45, 7) is 0.592. The van der Waals surface area contributed by atoms with Crippen molar-refractivity contribution in [3.63, 3.8) is 0 Å². The Balaban J connectivity index is 1.58. The van der Waals surface area contributed by atoms with Crippen LogP contribution in [0.1, 0.15) is 22.5 Å². The van der Waals surface area contributed by atoms with Crippen molar-refractivity contribution in [2.75, 3.05) is 19.0 Å². The molecule has 3 aromatic rings. The monoisotopic (exact) mass is 395 g/mol. The SMILES string of the molecule is COc1ccc(Cl)cc1Nc1ccnc(C(=O)NCCCc2ccccc2)c1. The Hall–Kier alpha value is -3.05. The first-order chi connectivity index (χ1) is 13.7. The minimum atomic E-state index is -0.199. The zero-order valence-electron chi connectivity index (χ0n) is 15.6. The van der Waals surface area contributed by atoms with E-state index in [-0.39, 0.29) is 5.91 Å². The number of ether oxygens (including phenoxy) is 1. The first-order valence-corrected chi connectivity index (χ1v) is 9.42. The fourth-order valence-corrected chi connectivity index (χ4v) is 2.97. The summed E-state index contributed by atoms with van der Waals surface area (Å²) in [5, 5.41) is 6.73. The van der Waals surface area contributed by atoms with E-state index in [1.807, 2.05) is 18.2 Å². The van der Waals surface area contributed by atoms with Crippen molar-refractivity contribution in [2.24, 2.45) is 0 Å². The van der Waals surface area contributed by atoms with E-state index in [2.05, 4.69) is 27.8 Å². The molecule has 0 saturated heterocycles. The molecule has 0 fully saturated rings. The van der Waals surface area contributed by atoms with E-state index in [4.69, 9.17) is 16.3 Å². The average molecular weight is 396 g/mol. The maximum absolute atomic E-state index is 12.4. The first kappa shape index (κ1) is 19.7. The standard InChI is InChI=1S/C22H22ClN3O2/c1-28-21-10-9-17(23)14-19(21)26-18-11-13-24-20(15-18)22(27)25-12-5-8-16-6-3-2-4-7-16/h2-4,6-7,9-11,13-15H,5,8,12H2,1H3,(H,24,26)(H,25,27). The van der Waals surface area contributed by atoms with Crippen molar-refractivity contribution in [1.29, 1.82) is 0 Å². The van der Waals surface area contributed by atoms with Crippen molar-refractivity contribution in [3.8, 4) is 5.75 Å². The Bertz CT molecular complexity index is 932. The first-order valence-electron chi connectivity index (χ1n) is 9.04. The molecule has 0 aliphatic rings. The number of anilines is 2. The maximum Gasteiger partial charge on any atom is 0.269 e. The van der Waals surface area contributed by atoms with Gasteiger partial charge in [0.05, 0.1) is 12.8 Å². The molecule has 2 aromatic carbocycles. The van der Waals surface area contributed by atoms with Crippen LogP contribution < -0.4 is 15.4 Å². The predicted octanol–water partition coefficient (Wildman–Crippen LogP) is 4.85. The molecular weight excluding hydrogens is 374 g/mol. The van der Waals surface area contributed by atoms with Crippen LogP contribution in [-0.2, 0) is 6.42 Å². The molecule has 1 heterocycles. The number of rotatable bonds is 8. The van der Waals surface area contributed by atoms with Crippen molar-refractivity contribution in [3.05, 3.63) is 83.1 Å². The van der Waals surface area contributed by atoms with Gasteiger partial charge in [0.25, 0.3) is 5.91 Å². The fraction of sp³-hybridized carbons (Fsp3) is 0.182. The number of carbonyl (C=O) groups is 1. The second-order valence-corrected chi connectivity index (χ2v) is 6.68. The van der Waals surface area contributed by atoms with Crippen LogP contribution >= 0.6 is 11.6 Å². The van der Waals surface area contributed by atoms with E-state index in [0.717, 1.165) is 24.2 Å². The Morgan fingerprint density at radius 1 is 1.11 bits per heavy atom. The lowest BCUT2D eigenvalue weighted by molar-refractivity contribution is 0.0948. The summed E-state index contributed by atoms with van der Waals surface area (Å²) in [7, 11) is 1.59. The van der Waals surface area contributed by atoms with Crippen LogP contribution in [0.25, 0.3) is 0 Å². The average Bonchev–Trinajstić information content (AvgIpc) is 2.72. The van der Waals surface area contributed by atoms with Crippen molar-refractivity contribution < 1.29 is 9.53 Å². The highest BCUT2D eigenvalue weighted by Crippen LogP contribution is 2.30. The molecule has 6 heteroatoms. The zero-order chi connectivity index (χ0) is 19.8. The Morgan fingerprint density at radius 2 is 1.93 bits per heavy atom. The molecule has 144 valence electrons. The van der Waals surface area contributed by atoms with Crippen molar-refractivity contribution >= 4 is 28.9 Å². The van der Waals surface area contributed by atoms with Gasteiger partial charge in [0.15, 0.2) is 0 Å². The number of nitrogens with zero attached hydrogens (tertiary/aromatic N) is 1. The Labute approximate surface area is 169 Å². The predicted molar refractivity (Wildman–Crippen MR) is 113 cm³/mol. The quantitative estimate of drug-likeness (QED) is 0.535. The van der Waals surface area contributed by atoms with Gasteiger partial charge in [-0.15, -0.1) is 0 Å². The number of carbonyl (C=O) groups excluding carboxylic acids is 1. The summed E-state index contributed by atoms with van der Waals surface area (Å²) in [4.78, 5) is 16.6. The highest BCUT2D eigenvalue weighted by atomic mass is 35.5. The number of amides is 1. The van der Waals surface area contributed by atoms with Crippen LogP contribution in [0.2, 0.25) is 5.02 Å². The lowest BCUT2D eigenvalue weighted by Crippen LogP contribution is -2.25. The third-order valence-corrected chi connectivity index (χ3v) is 4.44. The molecule has 2 N–H and O–H groups in total. The number of halogens is 1. The van der Waals surface area contributed by atoms with Crippen LogP contribution in [0.3, 0.4) is 0 Å². The topological polar surface area (TPSA) is 63.2 Å². The van der Waals surface area contributed by atoms with Gasteiger partial charge in [-0.2, -0.15) is 0 Å². The molecule has 0 bridgehead atoms. The van der Waals surface area contributed by atoms with Crippen LogP contribution in [0.4, 0.5) is 11.4 Å². The highest BCUT2D eigenvalue weighted by Gasteiger charge is 2.09. The minimum Gasteiger partial charge on any atom is -0.495 e. The van der Waals surface area contributed by atoms with Gasteiger partial charge in [-0.05, 0) is 48.7 Å². The lowest BCUT2D eigenvalue weighted by Gasteiger charge is -2.12. The van der Waals surface area contributed by atoms with Gasteiger partial charge in [-0.3, -0.25) is 9.78 Å². The summed E-state index contributed by atoms with van der Waals surface area (Å²) >= 11 is 6.06. The molecule has 0 aliphatic carbocycles. The number of aryl methyl sites for hydroxylation is 1. The fourth-order valence-electron chi connectivity index (χ4n) is 2.80. The van der Waals surface area contributed by atoms with Gasteiger partial charge in [0.1, 0.15) is 11.4 Å². The van der Waals surface area contributed by atoms with Crippen LogP contribution in [0.15, 0.2) is 66.9 Å². The van der Waals surface area contributed by atoms with Gasteiger partial charge < -0.3 is 15.4 Å². The van der Waals surface area contributed by atoms with Gasteiger partial charge >= 0.3 is 0 Å². The molecule has 0 unspecified atom stereocenters. The van der Waals surface area contributed by atoms with E-state index in [9.17, 15) is 4.79 Å². The summed E-state index contributed by atoms with van der Waals surface area (Å²) in [5.41, 5.74) is 3.06. The van der Waals surface area contributed by atoms with Crippen LogP contribution in [-0.4, -0.2) is 24.5 Å². The van der Waals surface area contributed by atoms with Crippen molar-refractivity contribution in [1.82, 2.24) is 10.3 Å². The molecular formula is C22H22ClN3O2. The number of pyridine rings is 1. The number of aromatic nitrogens is 1. The molecule has 3 rings (SSSR count). The number of hydrogen-bond acceptors (Lipinski definition) is 4. The highest BCUT2D eigenvalue weighted by molar-refractivity contribution is 6.31. The van der Waals surface area contributed by atoms with E-state index in [0.29, 0.717) is 23.0 Å². The normalized spacial score (nSPS) is 10.4. The Morgan fingerprint density at radius 3 is 2.71 bits per heavy atom. The third-order valence-electron chi connectivity index (χ3n) is 4.20. The molecule has 28 heavy (non-hydrogen) atoms. The largest absolute Gasteiger partial charge is 0.495 e. The molecule has 0 aliphatic heterocycles. The van der Waals surface area contributed by atoms with E-state index >= 15 is 0 Å². The smallest absolute Gasteiger partial charge is 0.269 e. The van der Waals surface area contributed by atoms with E-state index < -0.39 is 0 Å². The van der Waals surface area contributed by atoms with Gasteiger partial charge in [0.2, 0.25) is 0 Å². The molecule has 0 spiro atoms. The number of methoxy groups -OCH3 is 1. The van der Waals surface area contributed by atoms with Gasteiger partial charge in [-0.25, -0.2) is 0 Å². The molecule has 0 radical (unpaired) electrons. The lowest BCUT2D eigenvalue weighted by atomic mass is 10.1. The summed E-state index contributed by atoms with van der Waals surface area (Å²) in [6.07, 6.45) is 3.39. The second kappa shape index (κ2) is 9.76. The van der Waals surface area contributed by atoms with Gasteiger partial charge in [-0.1, -0.05) is 41.9 Å². The molecule has 0 saturated carbocycles. The molecule has 0 atom stereocenters. The summed E-state index contributed by atoms with van der Waals surface area (Å²) in [6, 6.07) is 19.0. The van der Waals surface area contributed by atoms with Crippen molar-refractivity contribution in [2.45, 2.75) is 12.8 Å². The number of benzene rings is 2. The summed E-state index contributed by atoms with van der Waals surface area (Å²) in [5.74, 6) is 0.461. The van der Waals surface area contributed by atoms with Crippen LogP contribution in [0, 0.1) is 0 Å². The maximum atomic E-state index is 12.4. The minimum absolute atomic E-state index is 0.199. The molecule has 1 amide bonds. The van der Waals surface area contributed by atoms with Crippen LogP contribution in [0.5, 0.6) is 5.75 Å². The number of hydrogen-bond donors (Lipinski definition) is 2. The molecule has 1 aromatic heterocycles. The second-order valence-electron chi connectivity index (χ2n) is 6.24.